The van der Waals surface area contributed by atoms with E-state index in [0.29, 0.717) is 0 Å². The highest BCUT2D eigenvalue weighted by Crippen LogP contribution is 2.29. The molecule has 0 atom stereocenters. The summed E-state index contributed by atoms with van der Waals surface area (Å²) in [6.07, 6.45) is 0. The lowest BCUT2D eigenvalue weighted by atomic mass is 9.85. The van der Waals surface area contributed by atoms with Crippen LogP contribution in [-0.4, -0.2) is 9.78 Å². The lowest BCUT2D eigenvalue weighted by Gasteiger charge is -2.17. The van der Waals surface area contributed by atoms with Crippen LogP contribution in [0.2, 0.25) is 0 Å². The average Bonchev–Trinajstić information content (AvgIpc) is 2.87. The Hall–Kier alpha value is -2.55. The molecule has 3 nitrogen and oxygen atoms in total. The van der Waals surface area contributed by atoms with Crippen LogP contribution in [0, 0.1) is 0 Å². The zero-order valence-corrected chi connectivity index (χ0v) is 13.1. The minimum atomic E-state index is -0.237. The summed E-state index contributed by atoms with van der Waals surface area (Å²) in [6.45, 7) is 6.21. The van der Waals surface area contributed by atoms with Gasteiger partial charge >= 0.3 is 0 Å². The van der Waals surface area contributed by atoms with E-state index in [-0.39, 0.29) is 11.0 Å². The fraction of sp³-hybridized carbons (Fsp3) is 0.211. The maximum atomic E-state index is 12.9. The van der Waals surface area contributed by atoms with E-state index >= 15 is 0 Å². The van der Waals surface area contributed by atoms with Gasteiger partial charge in [0.1, 0.15) is 0 Å². The first kappa shape index (κ1) is 14.4. The van der Waals surface area contributed by atoms with Crippen LogP contribution in [0.5, 0.6) is 0 Å². The summed E-state index contributed by atoms with van der Waals surface area (Å²) in [6, 6.07) is 19.7. The Kier molecular flexibility index (Phi) is 3.49. The molecule has 1 aromatic heterocycles. The van der Waals surface area contributed by atoms with Crippen molar-refractivity contribution < 1.29 is 0 Å². The Labute approximate surface area is 130 Å². The van der Waals surface area contributed by atoms with Crippen molar-refractivity contribution in [2.45, 2.75) is 26.2 Å². The SMILES string of the molecule is CC(C)(C)c1c(-c2ccccc2)[nH]n(-c2ccccc2)c1=O. The molecule has 3 aromatic rings. The third kappa shape index (κ3) is 2.50. The molecule has 0 aliphatic rings. The highest BCUT2D eigenvalue weighted by atomic mass is 16.1. The van der Waals surface area contributed by atoms with Gasteiger partial charge in [-0.25, -0.2) is 4.68 Å². The summed E-state index contributed by atoms with van der Waals surface area (Å²) in [5.74, 6) is 0. The van der Waals surface area contributed by atoms with E-state index in [1.165, 1.54) is 0 Å². The van der Waals surface area contributed by atoms with Gasteiger partial charge in [0.05, 0.1) is 16.9 Å². The summed E-state index contributed by atoms with van der Waals surface area (Å²) in [4.78, 5) is 12.9. The second kappa shape index (κ2) is 5.34. The highest BCUT2D eigenvalue weighted by Gasteiger charge is 2.26. The van der Waals surface area contributed by atoms with E-state index in [2.05, 4.69) is 25.9 Å². The Morgan fingerprint density at radius 3 is 1.95 bits per heavy atom. The van der Waals surface area contributed by atoms with Crippen LogP contribution < -0.4 is 5.56 Å². The molecule has 0 aliphatic carbocycles. The van der Waals surface area contributed by atoms with E-state index in [9.17, 15) is 4.79 Å². The number of nitrogens with zero attached hydrogens (tertiary/aromatic N) is 1. The van der Waals surface area contributed by atoms with Crippen LogP contribution in [0.15, 0.2) is 65.5 Å². The molecule has 0 aliphatic heterocycles. The smallest absolute Gasteiger partial charge is 0.275 e. The van der Waals surface area contributed by atoms with E-state index in [4.69, 9.17) is 0 Å². The molecule has 0 fully saturated rings. The van der Waals surface area contributed by atoms with E-state index in [0.717, 1.165) is 22.5 Å². The summed E-state index contributed by atoms with van der Waals surface area (Å²) in [7, 11) is 0. The van der Waals surface area contributed by atoms with Crippen LogP contribution in [-0.2, 0) is 5.41 Å². The third-order valence-corrected chi connectivity index (χ3v) is 3.72. The number of aromatic nitrogens is 2. The van der Waals surface area contributed by atoms with Crippen molar-refractivity contribution in [3.8, 4) is 16.9 Å². The topological polar surface area (TPSA) is 37.8 Å². The minimum absolute atomic E-state index is 0.0116. The predicted molar refractivity (Wildman–Crippen MR) is 90.5 cm³/mol. The number of rotatable bonds is 2. The largest absolute Gasteiger partial charge is 0.290 e. The fourth-order valence-electron chi connectivity index (χ4n) is 2.71. The molecule has 0 amide bonds. The molecule has 0 saturated carbocycles. The number of hydrogen-bond acceptors (Lipinski definition) is 1. The molecule has 0 bridgehead atoms. The monoisotopic (exact) mass is 292 g/mol. The molecule has 112 valence electrons. The lowest BCUT2D eigenvalue weighted by molar-refractivity contribution is 0.586. The number of nitrogens with one attached hydrogen (secondary N) is 1. The zero-order chi connectivity index (χ0) is 15.7. The first-order valence-electron chi connectivity index (χ1n) is 7.45. The molecule has 22 heavy (non-hydrogen) atoms. The number of H-pyrrole nitrogens is 1. The van der Waals surface area contributed by atoms with Crippen LogP contribution >= 0.6 is 0 Å². The van der Waals surface area contributed by atoms with Crippen LogP contribution in [0.1, 0.15) is 26.3 Å². The summed E-state index contributed by atoms with van der Waals surface area (Å²) < 4.78 is 1.63. The van der Waals surface area contributed by atoms with Crippen molar-refractivity contribution in [3.63, 3.8) is 0 Å². The van der Waals surface area contributed by atoms with Gasteiger partial charge < -0.3 is 0 Å². The van der Waals surface area contributed by atoms with Crippen LogP contribution in [0.25, 0.3) is 16.9 Å². The maximum Gasteiger partial charge on any atom is 0.275 e. The molecule has 1 heterocycles. The predicted octanol–water partition coefficient (Wildman–Crippen LogP) is 4.13. The molecule has 0 saturated heterocycles. The summed E-state index contributed by atoms with van der Waals surface area (Å²) in [5.41, 5.74) is 3.35. The van der Waals surface area contributed by atoms with Gasteiger partial charge in [0, 0.05) is 0 Å². The quantitative estimate of drug-likeness (QED) is 0.757. The van der Waals surface area contributed by atoms with Crippen molar-refractivity contribution >= 4 is 0 Å². The van der Waals surface area contributed by atoms with Gasteiger partial charge in [-0.05, 0) is 23.1 Å². The van der Waals surface area contributed by atoms with Gasteiger partial charge in [-0.3, -0.25) is 9.89 Å². The molecule has 0 unspecified atom stereocenters. The lowest BCUT2D eigenvalue weighted by Crippen LogP contribution is -2.25. The summed E-state index contributed by atoms with van der Waals surface area (Å²) in [5, 5.41) is 3.29. The van der Waals surface area contributed by atoms with Crippen molar-refractivity contribution in [2.24, 2.45) is 0 Å². The Morgan fingerprint density at radius 2 is 1.41 bits per heavy atom. The molecule has 3 rings (SSSR count). The van der Waals surface area contributed by atoms with Crippen molar-refractivity contribution in [1.82, 2.24) is 9.78 Å². The average molecular weight is 292 g/mol. The van der Waals surface area contributed by atoms with E-state index in [1.807, 2.05) is 60.7 Å². The second-order valence-corrected chi connectivity index (χ2v) is 6.45. The highest BCUT2D eigenvalue weighted by molar-refractivity contribution is 5.64. The first-order valence-corrected chi connectivity index (χ1v) is 7.45. The molecule has 0 radical (unpaired) electrons. The molecule has 3 heteroatoms. The normalized spacial score (nSPS) is 11.6. The van der Waals surface area contributed by atoms with Crippen LogP contribution in [0.4, 0.5) is 0 Å². The Morgan fingerprint density at radius 1 is 0.864 bits per heavy atom. The second-order valence-electron chi connectivity index (χ2n) is 6.45. The molecule has 2 aromatic carbocycles. The van der Waals surface area contributed by atoms with Crippen molar-refractivity contribution in [3.05, 3.63) is 76.6 Å². The number of aromatic amines is 1. The van der Waals surface area contributed by atoms with Crippen molar-refractivity contribution in [1.29, 1.82) is 0 Å². The number of hydrogen-bond donors (Lipinski definition) is 1. The fourth-order valence-corrected chi connectivity index (χ4v) is 2.71. The Bertz CT molecular complexity index is 821. The van der Waals surface area contributed by atoms with E-state index in [1.54, 1.807) is 4.68 Å². The van der Waals surface area contributed by atoms with Gasteiger partial charge in [-0.15, -0.1) is 0 Å². The molecule has 1 N–H and O–H groups in total. The number of para-hydroxylation sites is 1. The van der Waals surface area contributed by atoms with Gasteiger partial charge in [0.15, 0.2) is 0 Å². The van der Waals surface area contributed by atoms with Gasteiger partial charge in [0.2, 0.25) is 0 Å². The third-order valence-electron chi connectivity index (χ3n) is 3.72. The Balaban J connectivity index is 2.29. The number of benzene rings is 2. The van der Waals surface area contributed by atoms with E-state index < -0.39 is 0 Å². The first-order chi connectivity index (χ1) is 10.5. The van der Waals surface area contributed by atoms with Crippen LogP contribution in [0.3, 0.4) is 0 Å². The zero-order valence-electron chi connectivity index (χ0n) is 13.1. The van der Waals surface area contributed by atoms with Gasteiger partial charge in [-0.2, -0.15) is 0 Å². The molecule has 0 spiro atoms. The molecular weight excluding hydrogens is 272 g/mol. The summed E-state index contributed by atoms with van der Waals surface area (Å²) >= 11 is 0. The van der Waals surface area contributed by atoms with Gasteiger partial charge in [-0.1, -0.05) is 69.3 Å². The standard InChI is InChI=1S/C19H20N2O/c1-19(2,3)16-17(14-10-6-4-7-11-14)20-21(18(16)22)15-12-8-5-9-13-15/h4-13,20H,1-3H3. The molecular formula is C19H20N2O. The van der Waals surface area contributed by atoms with Crippen molar-refractivity contribution in [2.75, 3.05) is 0 Å². The van der Waals surface area contributed by atoms with Gasteiger partial charge in [0.25, 0.3) is 5.56 Å². The maximum absolute atomic E-state index is 12.9. The minimum Gasteiger partial charge on any atom is -0.290 e.